The molecule has 1 fully saturated rings. The van der Waals surface area contributed by atoms with Crippen molar-refractivity contribution in [2.24, 2.45) is 5.92 Å². The van der Waals surface area contributed by atoms with Crippen LogP contribution in [-0.2, 0) is 4.79 Å². The second-order valence-electron chi connectivity index (χ2n) is 3.93. The van der Waals surface area contributed by atoms with Gasteiger partial charge in [0, 0.05) is 12.5 Å². The number of hydrogen-bond donors (Lipinski definition) is 2. The number of carbonyl (C=O) groups excluding carboxylic acids is 1. The summed E-state index contributed by atoms with van der Waals surface area (Å²) in [5, 5.41) is 11.6. The molecule has 0 aliphatic heterocycles. The van der Waals surface area contributed by atoms with Crippen LogP contribution >= 0.6 is 0 Å². The monoisotopic (exact) mass is 225 g/mol. The van der Waals surface area contributed by atoms with Crippen molar-refractivity contribution in [3.05, 3.63) is 0 Å². The maximum atomic E-state index is 12.2. The fourth-order valence-electron chi connectivity index (χ4n) is 1.56. The molecule has 88 valence electrons. The molecule has 0 unspecified atom stereocenters. The van der Waals surface area contributed by atoms with Gasteiger partial charge in [0.15, 0.2) is 5.60 Å². The normalized spacial score (nSPS) is 30.9. The summed E-state index contributed by atoms with van der Waals surface area (Å²) in [7, 11) is 0. The van der Waals surface area contributed by atoms with E-state index >= 15 is 0 Å². The van der Waals surface area contributed by atoms with Gasteiger partial charge in [-0.25, -0.2) is 0 Å². The molecule has 0 spiro atoms. The van der Waals surface area contributed by atoms with Crippen LogP contribution in [0.25, 0.3) is 0 Å². The van der Waals surface area contributed by atoms with Crippen molar-refractivity contribution in [3.8, 4) is 0 Å². The van der Waals surface area contributed by atoms with E-state index < -0.39 is 36.4 Å². The van der Waals surface area contributed by atoms with E-state index in [1.165, 1.54) is 0 Å². The molecule has 0 aromatic carbocycles. The Morgan fingerprint density at radius 2 is 2.07 bits per heavy atom. The van der Waals surface area contributed by atoms with Crippen molar-refractivity contribution >= 4 is 5.91 Å². The summed E-state index contributed by atoms with van der Waals surface area (Å²) in [4.78, 5) is 11.2. The summed E-state index contributed by atoms with van der Waals surface area (Å²) >= 11 is 0. The molecule has 1 saturated carbocycles. The van der Waals surface area contributed by atoms with E-state index in [2.05, 4.69) is 5.32 Å². The van der Waals surface area contributed by atoms with Crippen LogP contribution in [0.1, 0.15) is 26.2 Å². The van der Waals surface area contributed by atoms with Gasteiger partial charge in [-0.2, -0.15) is 13.2 Å². The molecule has 0 aromatic rings. The van der Waals surface area contributed by atoms with E-state index in [0.29, 0.717) is 6.54 Å². The average molecular weight is 225 g/mol. The molecule has 15 heavy (non-hydrogen) atoms. The lowest BCUT2D eigenvalue weighted by Crippen LogP contribution is -2.58. The Labute approximate surface area is 85.7 Å². The third-order valence-corrected chi connectivity index (χ3v) is 2.62. The minimum Gasteiger partial charge on any atom is -0.380 e. The Morgan fingerprint density at radius 3 is 2.47 bits per heavy atom. The molecule has 1 aliphatic carbocycles. The van der Waals surface area contributed by atoms with E-state index in [-0.39, 0.29) is 0 Å². The first-order valence-electron chi connectivity index (χ1n) is 4.87. The number of alkyl halides is 3. The molecule has 0 bridgehead atoms. The Hall–Kier alpha value is -0.780. The molecule has 0 heterocycles. The van der Waals surface area contributed by atoms with Gasteiger partial charge in [-0.15, -0.1) is 0 Å². The molecule has 6 heteroatoms. The Balaban J connectivity index is 2.40. The number of amides is 1. The Morgan fingerprint density at radius 1 is 1.53 bits per heavy atom. The number of rotatable bonds is 3. The summed E-state index contributed by atoms with van der Waals surface area (Å²) < 4.78 is 36.6. The average Bonchev–Trinajstić information content (AvgIpc) is 2.06. The lowest BCUT2D eigenvalue weighted by Gasteiger charge is -2.43. The molecule has 0 radical (unpaired) electrons. The van der Waals surface area contributed by atoms with Crippen LogP contribution in [0.2, 0.25) is 0 Å². The van der Waals surface area contributed by atoms with Gasteiger partial charge in [0.05, 0.1) is 0 Å². The van der Waals surface area contributed by atoms with Crippen molar-refractivity contribution in [3.63, 3.8) is 0 Å². The maximum Gasteiger partial charge on any atom is 0.417 e. The third kappa shape index (κ3) is 2.42. The first-order chi connectivity index (χ1) is 6.80. The summed E-state index contributed by atoms with van der Waals surface area (Å²) in [6.45, 7) is 2.31. The number of carbonyl (C=O) groups is 1. The standard InChI is InChI=1S/C9H14F3NO2/c1-2-3-13-7(14)6-4-8(15,5-6)9(10,11)12/h6,15H,2-5H2,1H3,(H,13,14). The highest BCUT2D eigenvalue weighted by atomic mass is 19.4. The van der Waals surface area contributed by atoms with E-state index in [9.17, 15) is 18.0 Å². The first-order valence-corrected chi connectivity index (χ1v) is 4.87. The Kier molecular flexibility index (Phi) is 3.28. The quantitative estimate of drug-likeness (QED) is 0.758. The smallest absolute Gasteiger partial charge is 0.380 e. The highest BCUT2D eigenvalue weighted by Gasteiger charge is 2.62. The summed E-state index contributed by atoms with van der Waals surface area (Å²) in [6, 6.07) is 0. The molecule has 1 aliphatic rings. The zero-order valence-corrected chi connectivity index (χ0v) is 8.40. The number of halogens is 3. The van der Waals surface area contributed by atoms with Crippen LogP contribution in [0.5, 0.6) is 0 Å². The van der Waals surface area contributed by atoms with Gasteiger partial charge in [0.25, 0.3) is 0 Å². The maximum absolute atomic E-state index is 12.2. The van der Waals surface area contributed by atoms with Crippen LogP contribution in [0.4, 0.5) is 13.2 Å². The minimum absolute atomic E-state index is 0.397. The van der Waals surface area contributed by atoms with Crippen molar-refractivity contribution in [1.29, 1.82) is 0 Å². The van der Waals surface area contributed by atoms with Gasteiger partial charge in [-0.1, -0.05) is 6.92 Å². The van der Waals surface area contributed by atoms with Gasteiger partial charge in [-0.3, -0.25) is 4.79 Å². The van der Waals surface area contributed by atoms with Crippen molar-refractivity contribution in [2.45, 2.75) is 38.0 Å². The lowest BCUT2D eigenvalue weighted by atomic mass is 9.70. The van der Waals surface area contributed by atoms with Gasteiger partial charge in [-0.05, 0) is 19.3 Å². The summed E-state index contributed by atoms with van der Waals surface area (Å²) in [5.74, 6) is -1.10. The number of nitrogens with one attached hydrogen (secondary N) is 1. The molecule has 1 amide bonds. The second kappa shape index (κ2) is 4.00. The molecule has 0 saturated heterocycles. The highest BCUT2D eigenvalue weighted by molar-refractivity contribution is 5.80. The summed E-state index contributed by atoms with van der Waals surface area (Å²) in [6.07, 6.45) is -4.94. The molecular weight excluding hydrogens is 211 g/mol. The fourth-order valence-corrected chi connectivity index (χ4v) is 1.56. The zero-order valence-electron chi connectivity index (χ0n) is 8.40. The number of aliphatic hydroxyl groups is 1. The predicted octanol–water partition coefficient (Wildman–Crippen LogP) is 1.22. The fraction of sp³-hybridized carbons (Fsp3) is 0.889. The van der Waals surface area contributed by atoms with Crippen LogP contribution in [-0.4, -0.2) is 29.3 Å². The Bertz CT molecular complexity index is 246. The lowest BCUT2D eigenvalue weighted by molar-refractivity contribution is -0.296. The van der Waals surface area contributed by atoms with Crippen molar-refractivity contribution in [2.75, 3.05) is 6.54 Å². The van der Waals surface area contributed by atoms with Gasteiger partial charge in [0.2, 0.25) is 5.91 Å². The second-order valence-corrected chi connectivity index (χ2v) is 3.93. The van der Waals surface area contributed by atoms with Crippen molar-refractivity contribution in [1.82, 2.24) is 5.32 Å². The summed E-state index contributed by atoms with van der Waals surface area (Å²) in [5.41, 5.74) is -2.65. The molecule has 1 rings (SSSR count). The molecular formula is C9H14F3NO2. The van der Waals surface area contributed by atoms with E-state index in [1.54, 1.807) is 0 Å². The molecule has 3 nitrogen and oxygen atoms in total. The zero-order chi connectivity index (χ0) is 11.7. The molecule has 2 N–H and O–H groups in total. The first kappa shape index (κ1) is 12.3. The van der Waals surface area contributed by atoms with E-state index in [0.717, 1.165) is 6.42 Å². The largest absolute Gasteiger partial charge is 0.417 e. The van der Waals surface area contributed by atoms with Gasteiger partial charge < -0.3 is 10.4 Å². The van der Waals surface area contributed by atoms with Crippen LogP contribution in [0.15, 0.2) is 0 Å². The third-order valence-electron chi connectivity index (χ3n) is 2.62. The van der Waals surface area contributed by atoms with E-state index in [1.807, 2.05) is 6.92 Å². The van der Waals surface area contributed by atoms with Gasteiger partial charge >= 0.3 is 6.18 Å². The van der Waals surface area contributed by atoms with Crippen LogP contribution < -0.4 is 5.32 Å². The minimum atomic E-state index is -4.63. The van der Waals surface area contributed by atoms with E-state index in [4.69, 9.17) is 5.11 Å². The topological polar surface area (TPSA) is 49.3 Å². The predicted molar refractivity (Wildman–Crippen MR) is 47.0 cm³/mol. The SMILES string of the molecule is CCCNC(=O)C1CC(O)(C(F)(F)F)C1. The molecule has 0 aromatic heterocycles. The highest BCUT2D eigenvalue weighted by Crippen LogP contribution is 2.48. The van der Waals surface area contributed by atoms with Gasteiger partial charge in [0.1, 0.15) is 0 Å². The number of hydrogen-bond acceptors (Lipinski definition) is 2. The van der Waals surface area contributed by atoms with Crippen molar-refractivity contribution < 1.29 is 23.1 Å². The van der Waals surface area contributed by atoms with Crippen LogP contribution in [0.3, 0.4) is 0 Å². The van der Waals surface area contributed by atoms with Crippen LogP contribution in [0, 0.1) is 5.92 Å². The molecule has 0 atom stereocenters.